The lowest BCUT2D eigenvalue weighted by molar-refractivity contribution is 0.107. The van der Waals surface area contributed by atoms with E-state index in [1.165, 1.54) is 18.7 Å². The molecule has 1 aromatic rings. The van der Waals surface area contributed by atoms with Crippen LogP contribution in [0.4, 0.5) is 0 Å². The number of aliphatic imine (C=N–C) groups is 1. The summed E-state index contributed by atoms with van der Waals surface area (Å²) in [6, 6.07) is 6.82. The van der Waals surface area contributed by atoms with Crippen LogP contribution >= 0.6 is 24.0 Å². The lowest BCUT2D eigenvalue weighted by atomic mass is 10.1. The van der Waals surface area contributed by atoms with Gasteiger partial charge in [0, 0.05) is 57.9 Å². The van der Waals surface area contributed by atoms with Gasteiger partial charge in [-0.15, -0.1) is 24.0 Å². The first kappa shape index (κ1) is 25.0. The smallest absolute Gasteiger partial charge is 0.191 e. The van der Waals surface area contributed by atoms with Crippen molar-refractivity contribution in [3.05, 3.63) is 29.3 Å². The molecule has 1 aliphatic rings. The topological polar surface area (TPSA) is 52.1 Å². The summed E-state index contributed by atoms with van der Waals surface area (Å²) in [5.41, 5.74) is 2.36. The molecule has 2 rings (SSSR count). The van der Waals surface area contributed by atoms with Crippen molar-refractivity contribution in [3.8, 4) is 5.75 Å². The Balaban J connectivity index is 0.00000392. The average Bonchev–Trinajstić information content (AvgIpc) is 2.69. The van der Waals surface area contributed by atoms with Gasteiger partial charge in [-0.1, -0.05) is 19.1 Å². The third kappa shape index (κ3) is 7.75. The second kappa shape index (κ2) is 13.2. The first-order valence-corrected chi connectivity index (χ1v) is 10.2. The van der Waals surface area contributed by atoms with Crippen molar-refractivity contribution in [1.29, 1.82) is 0 Å². The number of likely N-dealkylation sites (N-methyl/N-ethyl adjacent to an activating group) is 1. The standard InChI is InChI=1S/C21H37N5O.HI/c1-6-25-10-12-26(13-11-25)18(4)15-23-21(22-5)24-16-19-9-8-17(3)14-20(19)27-7-2;/h8-9,14,18H,6-7,10-13,15-16H2,1-5H3,(H2,22,23,24);1H. The van der Waals surface area contributed by atoms with E-state index < -0.39 is 0 Å². The van der Waals surface area contributed by atoms with Crippen LogP contribution in [0.2, 0.25) is 0 Å². The second-order valence-corrected chi connectivity index (χ2v) is 7.17. The molecule has 0 bridgehead atoms. The third-order valence-corrected chi connectivity index (χ3v) is 5.23. The highest BCUT2D eigenvalue weighted by molar-refractivity contribution is 14.0. The Bertz CT molecular complexity index is 602. The quantitative estimate of drug-likeness (QED) is 0.325. The van der Waals surface area contributed by atoms with E-state index in [-0.39, 0.29) is 24.0 Å². The molecule has 1 unspecified atom stereocenters. The molecule has 1 saturated heterocycles. The summed E-state index contributed by atoms with van der Waals surface area (Å²) < 4.78 is 5.77. The fraction of sp³-hybridized carbons (Fsp3) is 0.667. The number of rotatable bonds is 8. The molecule has 6 nitrogen and oxygen atoms in total. The van der Waals surface area contributed by atoms with Crippen molar-refractivity contribution in [2.24, 2.45) is 4.99 Å². The highest BCUT2D eigenvalue weighted by Gasteiger charge is 2.20. The predicted molar refractivity (Wildman–Crippen MR) is 129 cm³/mol. The summed E-state index contributed by atoms with van der Waals surface area (Å²) in [6.07, 6.45) is 0. The molecule has 0 radical (unpaired) electrons. The Kier molecular flexibility index (Phi) is 11.8. The molecule has 1 atom stereocenters. The Labute approximate surface area is 188 Å². The predicted octanol–water partition coefficient (Wildman–Crippen LogP) is 2.70. The van der Waals surface area contributed by atoms with E-state index in [0.29, 0.717) is 19.2 Å². The number of halogens is 1. The van der Waals surface area contributed by atoms with E-state index in [2.05, 4.69) is 64.4 Å². The highest BCUT2D eigenvalue weighted by Crippen LogP contribution is 2.20. The summed E-state index contributed by atoms with van der Waals surface area (Å²) in [5.74, 6) is 1.78. The van der Waals surface area contributed by atoms with Crippen LogP contribution in [0.3, 0.4) is 0 Å². The molecule has 0 aliphatic carbocycles. The second-order valence-electron chi connectivity index (χ2n) is 7.17. The van der Waals surface area contributed by atoms with Gasteiger partial charge in [0.05, 0.1) is 6.61 Å². The molecule has 0 amide bonds. The number of nitrogens with zero attached hydrogens (tertiary/aromatic N) is 3. The minimum Gasteiger partial charge on any atom is -0.494 e. The fourth-order valence-corrected chi connectivity index (χ4v) is 3.39. The first-order valence-electron chi connectivity index (χ1n) is 10.2. The zero-order valence-corrected chi connectivity index (χ0v) is 20.5. The van der Waals surface area contributed by atoms with Gasteiger partial charge in [0.25, 0.3) is 0 Å². The maximum atomic E-state index is 5.77. The molecule has 1 aromatic carbocycles. The van der Waals surface area contributed by atoms with Gasteiger partial charge in [-0.2, -0.15) is 0 Å². The van der Waals surface area contributed by atoms with Crippen LogP contribution in [-0.4, -0.2) is 74.7 Å². The van der Waals surface area contributed by atoms with Crippen LogP contribution in [0.1, 0.15) is 31.9 Å². The molecule has 1 heterocycles. The van der Waals surface area contributed by atoms with Gasteiger partial charge in [-0.05, 0) is 38.9 Å². The van der Waals surface area contributed by atoms with Gasteiger partial charge >= 0.3 is 0 Å². The average molecular weight is 503 g/mol. The molecule has 2 N–H and O–H groups in total. The van der Waals surface area contributed by atoms with E-state index in [0.717, 1.165) is 43.5 Å². The lowest BCUT2D eigenvalue weighted by Crippen LogP contribution is -2.53. The van der Waals surface area contributed by atoms with Crippen LogP contribution in [0.25, 0.3) is 0 Å². The molecule has 0 aromatic heterocycles. The van der Waals surface area contributed by atoms with Crippen molar-refractivity contribution in [2.45, 2.75) is 40.3 Å². The highest BCUT2D eigenvalue weighted by atomic mass is 127. The molecule has 28 heavy (non-hydrogen) atoms. The number of piperazine rings is 1. The number of nitrogens with one attached hydrogen (secondary N) is 2. The largest absolute Gasteiger partial charge is 0.494 e. The van der Waals surface area contributed by atoms with Gasteiger partial charge in [-0.25, -0.2) is 0 Å². The molecular formula is C21H38IN5O. The number of hydrogen-bond acceptors (Lipinski definition) is 4. The number of aryl methyl sites for hydroxylation is 1. The van der Waals surface area contributed by atoms with Crippen LogP contribution < -0.4 is 15.4 Å². The van der Waals surface area contributed by atoms with E-state index in [1.807, 2.05) is 14.0 Å². The monoisotopic (exact) mass is 503 g/mol. The van der Waals surface area contributed by atoms with Gasteiger partial charge in [0.1, 0.15) is 5.75 Å². The van der Waals surface area contributed by atoms with Crippen LogP contribution in [0, 0.1) is 6.92 Å². The maximum Gasteiger partial charge on any atom is 0.191 e. The van der Waals surface area contributed by atoms with Gasteiger partial charge in [0.2, 0.25) is 0 Å². The molecular weight excluding hydrogens is 465 g/mol. The molecule has 0 saturated carbocycles. The number of hydrogen-bond donors (Lipinski definition) is 2. The number of guanidine groups is 1. The molecule has 1 fully saturated rings. The SMILES string of the molecule is CCOc1cc(C)ccc1CNC(=NC)NCC(C)N1CCN(CC)CC1.I. The van der Waals surface area contributed by atoms with Crippen molar-refractivity contribution in [3.63, 3.8) is 0 Å². The summed E-state index contributed by atoms with van der Waals surface area (Å²) in [6.45, 7) is 16.7. The first-order chi connectivity index (χ1) is 13.1. The van der Waals surface area contributed by atoms with Crippen molar-refractivity contribution >= 4 is 29.9 Å². The van der Waals surface area contributed by atoms with Gasteiger partial charge in [0.15, 0.2) is 5.96 Å². The molecule has 1 aliphatic heterocycles. The number of ether oxygens (including phenoxy) is 1. The van der Waals surface area contributed by atoms with Gasteiger partial charge < -0.3 is 20.3 Å². The van der Waals surface area contributed by atoms with Crippen LogP contribution in [0.5, 0.6) is 5.75 Å². The van der Waals surface area contributed by atoms with Crippen LogP contribution in [-0.2, 0) is 6.54 Å². The van der Waals surface area contributed by atoms with E-state index in [4.69, 9.17) is 4.74 Å². The Morgan fingerprint density at radius 2 is 1.89 bits per heavy atom. The Hall–Kier alpha value is -1.06. The summed E-state index contributed by atoms with van der Waals surface area (Å²) >= 11 is 0. The molecule has 7 heteroatoms. The third-order valence-electron chi connectivity index (χ3n) is 5.23. The Morgan fingerprint density at radius 3 is 2.50 bits per heavy atom. The number of benzene rings is 1. The minimum atomic E-state index is 0. The normalized spacial score (nSPS) is 17.0. The van der Waals surface area contributed by atoms with Crippen molar-refractivity contribution in [1.82, 2.24) is 20.4 Å². The van der Waals surface area contributed by atoms with Crippen LogP contribution in [0.15, 0.2) is 23.2 Å². The maximum absolute atomic E-state index is 5.77. The van der Waals surface area contributed by atoms with Crippen molar-refractivity contribution < 1.29 is 4.74 Å². The van der Waals surface area contributed by atoms with E-state index in [1.54, 1.807) is 0 Å². The van der Waals surface area contributed by atoms with Gasteiger partial charge in [-0.3, -0.25) is 9.89 Å². The summed E-state index contributed by atoms with van der Waals surface area (Å²) in [7, 11) is 1.82. The minimum absolute atomic E-state index is 0. The molecule has 160 valence electrons. The van der Waals surface area contributed by atoms with E-state index in [9.17, 15) is 0 Å². The zero-order chi connectivity index (χ0) is 19.6. The Morgan fingerprint density at radius 1 is 1.18 bits per heavy atom. The fourth-order valence-electron chi connectivity index (χ4n) is 3.39. The summed E-state index contributed by atoms with van der Waals surface area (Å²) in [4.78, 5) is 9.43. The molecule has 0 spiro atoms. The van der Waals surface area contributed by atoms with E-state index >= 15 is 0 Å². The van der Waals surface area contributed by atoms with Crippen molar-refractivity contribution in [2.75, 3.05) is 52.9 Å². The summed E-state index contributed by atoms with van der Waals surface area (Å²) in [5, 5.41) is 6.88. The lowest BCUT2D eigenvalue weighted by Gasteiger charge is -2.37. The zero-order valence-electron chi connectivity index (χ0n) is 18.1.